The molecule has 2 aromatic carbocycles. The third kappa shape index (κ3) is 5.44. The van der Waals surface area contributed by atoms with E-state index in [1.54, 1.807) is 24.3 Å². The zero-order chi connectivity index (χ0) is 22.4. The lowest BCUT2D eigenvalue weighted by atomic mass is 10.2. The van der Waals surface area contributed by atoms with Crippen LogP contribution in [0.25, 0.3) is 0 Å². The van der Waals surface area contributed by atoms with E-state index in [4.69, 9.17) is 4.74 Å². The molecule has 9 heteroatoms. The van der Waals surface area contributed by atoms with Crippen LogP contribution in [-0.4, -0.2) is 48.9 Å². The number of nitrogens with one attached hydrogen (secondary N) is 1. The second-order valence-electron chi connectivity index (χ2n) is 6.75. The summed E-state index contributed by atoms with van der Waals surface area (Å²) in [6.45, 7) is -0.835. The van der Waals surface area contributed by atoms with Crippen molar-refractivity contribution in [3.8, 4) is 11.5 Å². The molecular formula is C22H20F2N2O5. The minimum absolute atomic E-state index is 0.287. The van der Waals surface area contributed by atoms with Crippen LogP contribution < -0.4 is 10.1 Å². The van der Waals surface area contributed by atoms with Crippen molar-refractivity contribution in [3.05, 3.63) is 71.8 Å². The van der Waals surface area contributed by atoms with Gasteiger partial charge in [-0.3, -0.25) is 9.59 Å². The molecular weight excluding hydrogens is 410 g/mol. The minimum atomic E-state index is -1.92. The van der Waals surface area contributed by atoms with E-state index in [9.17, 15) is 23.2 Å². The lowest BCUT2D eigenvalue weighted by Gasteiger charge is -2.22. The van der Waals surface area contributed by atoms with Crippen molar-refractivity contribution in [2.24, 2.45) is 0 Å². The number of carbonyl (C=O) groups excluding carboxylic acids is 3. The van der Waals surface area contributed by atoms with Gasteiger partial charge < -0.3 is 19.7 Å². The quantitative estimate of drug-likeness (QED) is 0.712. The monoisotopic (exact) mass is 430 g/mol. The summed E-state index contributed by atoms with van der Waals surface area (Å²) >= 11 is 0. The third-order valence-corrected chi connectivity index (χ3v) is 4.73. The highest BCUT2D eigenvalue weighted by Gasteiger charge is 2.39. The molecule has 0 aliphatic carbocycles. The van der Waals surface area contributed by atoms with E-state index in [1.165, 1.54) is 12.1 Å². The number of ether oxygens (including phenoxy) is 2. The summed E-state index contributed by atoms with van der Waals surface area (Å²) in [6, 6.07) is 14.3. The molecule has 1 aliphatic rings. The van der Waals surface area contributed by atoms with Crippen LogP contribution in [0.15, 0.2) is 66.3 Å². The molecule has 2 aromatic rings. The Morgan fingerprint density at radius 1 is 1.03 bits per heavy atom. The van der Waals surface area contributed by atoms with Crippen LogP contribution in [0, 0.1) is 0 Å². The van der Waals surface area contributed by atoms with Gasteiger partial charge in [-0.2, -0.15) is 8.78 Å². The lowest BCUT2D eigenvalue weighted by Crippen LogP contribution is -2.45. The van der Waals surface area contributed by atoms with Gasteiger partial charge in [0.2, 0.25) is 5.91 Å². The first-order valence-electron chi connectivity index (χ1n) is 9.40. The largest absolute Gasteiger partial charge is 0.467 e. The molecule has 1 atom stereocenters. The van der Waals surface area contributed by atoms with Crippen molar-refractivity contribution in [2.45, 2.75) is 12.5 Å². The van der Waals surface area contributed by atoms with Crippen molar-refractivity contribution >= 4 is 17.8 Å². The van der Waals surface area contributed by atoms with Crippen LogP contribution in [0.3, 0.4) is 0 Å². The number of carbonyl (C=O) groups is 3. The van der Waals surface area contributed by atoms with E-state index >= 15 is 0 Å². The predicted octanol–water partition coefficient (Wildman–Crippen LogP) is 3.13. The zero-order valence-corrected chi connectivity index (χ0v) is 16.6. The SMILES string of the molecule is COC(=O)[C@@H]1CC(=C(F)F)CN1C(=O)CNC(=O)c1ccc(Oc2ccccc2)cc1. The van der Waals surface area contributed by atoms with E-state index in [-0.39, 0.29) is 24.1 Å². The van der Waals surface area contributed by atoms with E-state index in [2.05, 4.69) is 10.1 Å². The molecule has 1 saturated heterocycles. The molecule has 0 saturated carbocycles. The minimum Gasteiger partial charge on any atom is -0.467 e. The third-order valence-electron chi connectivity index (χ3n) is 4.73. The molecule has 1 aliphatic heterocycles. The Bertz CT molecular complexity index is 989. The summed E-state index contributed by atoms with van der Waals surface area (Å²) in [5, 5.41) is 2.44. The Hall–Kier alpha value is -3.75. The maximum absolute atomic E-state index is 12.9. The summed E-state index contributed by atoms with van der Waals surface area (Å²) in [4.78, 5) is 37.6. The second-order valence-corrected chi connectivity index (χ2v) is 6.75. The topological polar surface area (TPSA) is 84.9 Å². The van der Waals surface area contributed by atoms with Crippen molar-refractivity contribution in [2.75, 3.05) is 20.2 Å². The van der Waals surface area contributed by atoms with E-state index in [0.717, 1.165) is 12.0 Å². The summed E-state index contributed by atoms with van der Waals surface area (Å²) in [5.41, 5.74) is -0.0152. The average molecular weight is 430 g/mol. The number of para-hydroxylation sites is 1. The molecule has 7 nitrogen and oxygen atoms in total. The van der Waals surface area contributed by atoms with Crippen molar-refractivity contribution in [3.63, 3.8) is 0 Å². The highest BCUT2D eigenvalue weighted by molar-refractivity contribution is 5.97. The maximum atomic E-state index is 12.9. The van der Waals surface area contributed by atoms with Crippen molar-refractivity contribution < 1.29 is 32.6 Å². The molecule has 31 heavy (non-hydrogen) atoms. The maximum Gasteiger partial charge on any atom is 0.328 e. The van der Waals surface area contributed by atoms with Gasteiger partial charge in [0.05, 0.1) is 13.7 Å². The number of benzene rings is 2. The van der Waals surface area contributed by atoms with Gasteiger partial charge in [0.1, 0.15) is 17.5 Å². The molecule has 0 bridgehead atoms. The average Bonchev–Trinajstić information content (AvgIpc) is 3.24. The molecule has 162 valence electrons. The Morgan fingerprint density at radius 3 is 2.29 bits per heavy atom. The first kappa shape index (κ1) is 21.9. The van der Waals surface area contributed by atoms with Crippen LogP contribution in [0.2, 0.25) is 0 Å². The van der Waals surface area contributed by atoms with Gasteiger partial charge in [-0.15, -0.1) is 0 Å². The summed E-state index contributed by atoms with van der Waals surface area (Å²) in [5.74, 6) is -0.798. The van der Waals surface area contributed by atoms with Crippen LogP contribution in [-0.2, 0) is 14.3 Å². The Balaban J connectivity index is 1.58. The highest BCUT2D eigenvalue weighted by atomic mass is 19.3. The van der Waals surface area contributed by atoms with Crippen molar-refractivity contribution in [1.82, 2.24) is 10.2 Å². The number of likely N-dealkylation sites (tertiary alicyclic amines) is 1. The van der Waals surface area contributed by atoms with Crippen LogP contribution in [0.1, 0.15) is 16.8 Å². The number of amides is 2. The molecule has 0 spiro atoms. The smallest absolute Gasteiger partial charge is 0.328 e. The van der Waals surface area contributed by atoms with Gasteiger partial charge in [0.15, 0.2) is 0 Å². The van der Waals surface area contributed by atoms with Crippen molar-refractivity contribution in [1.29, 1.82) is 0 Å². The number of hydrogen-bond acceptors (Lipinski definition) is 5. The predicted molar refractivity (Wildman–Crippen MR) is 107 cm³/mol. The molecule has 3 rings (SSSR count). The molecule has 1 heterocycles. The number of methoxy groups -OCH3 is 1. The van der Waals surface area contributed by atoms with Gasteiger partial charge in [-0.1, -0.05) is 18.2 Å². The molecule has 0 unspecified atom stereocenters. The molecule has 1 N–H and O–H groups in total. The normalized spacial score (nSPS) is 15.4. The fourth-order valence-electron chi connectivity index (χ4n) is 3.13. The van der Waals surface area contributed by atoms with Gasteiger partial charge >= 0.3 is 5.97 Å². The molecule has 2 amide bonds. The number of esters is 1. The number of rotatable bonds is 6. The standard InChI is InChI=1S/C22H20F2N2O5/c1-30-22(29)18-11-15(20(23)24)13-26(18)19(27)12-25-21(28)14-7-9-17(10-8-14)31-16-5-3-2-4-6-16/h2-10,18H,11-13H2,1H3,(H,25,28)/t18-/m0/s1. The first-order valence-corrected chi connectivity index (χ1v) is 9.40. The Morgan fingerprint density at radius 2 is 1.68 bits per heavy atom. The van der Waals surface area contributed by atoms with Gasteiger partial charge in [-0.05, 0) is 36.4 Å². The summed E-state index contributed by atoms with van der Waals surface area (Å²) < 4.78 is 36.1. The lowest BCUT2D eigenvalue weighted by molar-refractivity contribution is -0.150. The van der Waals surface area contributed by atoms with Gasteiger partial charge in [0, 0.05) is 24.1 Å². The van der Waals surface area contributed by atoms with E-state index in [0.29, 0.717) is 11.5 Å². The number of nitrogens with zero attached hydrogens (tertiary/aromatic N) is 1. The van der Waals surface area contributed by atoms with Crippen LogP contribution >= 0.6 is 0 Å². The Labute approximate surface area is 177 Å². The zero-order valence-electron chi connectivity index (χ0n) is 16.6. The van der Waals surface area contributed by atoms with Crippen LogP contribution in [0.4, 0.5) is 8.78 Å². The fraction of sp³-hybridized carbons (Fsp3) is 0.227. The van der Waals surface area contributed by atoms with Gasteiger partial charge in [-0.25, -0.2) is 4.79 Å². The number of halogens is 2. The molecule has 0 aromatic heterocycles. The van der Waals surface area contributed by atoms with Gasteiger partial charge in [0.25, 0.3) is 12.0 Å². The summed E-state index contributed by atoms with van der Waals surface area (Å²) in [7, 11) is 1.12. The highest BCUT2D eigenvalue weighted by Crippen LogP contribution is 2.27. The van der Waals surface area contributed by atoms with E-state index in [1.807, 2.05) is 18.2 Å². The first-order chi connectivity index (χ1) is 14.9. The summed E-state index contributed by atoms with van der Waals surface area (Å²) in [6.07, 6.45) is -2.22. The second kappa shape index (κ2) is 9.84. The molecule has 0 radical (unpaired) electrons. The van der Waals surface area contributed by atoms with Crippen LogP contribution in [0.5, 0.6) is 11.5 Å². The van der Waals surface area contributed by atoms with E-state index < -0.39 is 36.5 Å². The Kier molecular flexibility index (Phi) is 6.96. The molecule has 1 fully saturated rings. The fourth-order valence-corrected chi connectivity index (χ4v) is 3.13. The number of hydrogen-bond donors (Lipinski definition) is 1.